The van der Waals surface area contributed by atoms with Crippen LogP contribution in [-0.2, 0) is 4.74 Å². The molecule has 0 bridgehead atoms. The quantitative estimate of drug-likeness (QED) is 0.678. The fourth-order valence-electron chi connectivity index (χ4n) is 1.51. The molecule has 0 aromatic carbocycles. The maximum Gasteiger partial charge on any atom is 0.156 e. The topological polar surface area (TPSA) is 32.7 Å². The highest BCUT2D eigenvalue weighted by Crippen LogP contribution is 2.20. The van der Waals surface area contributed by atoms with Crippen LogP contribution in [0.15, 0.2) is 0 Å². The molecular formula is C10H23NO2. The molecule has 80 valence electrons. The van der Waals surface area contributed by atoms with Crippen LogP contribution in [0.25, 0.3) is 0 Å². The molecule has 1 heterocycles. The molecule has 0 aromatic rings. The molecule has 1 aliphatic heterocycles. The van der Waals surface area contributed by atoms with E-state index in [0.29, 0.717) is 6.04 Å². The minimum atomic E-state index is -0.564. The van der Waals surface area contributed by atoms with Gasteiger partial charge in [0.25, 0.3) is 0 Å². The average Bonchev–Trinajstić information content (AvgIpc) is 2.06. The van der Waals surface area contributed by atoms with Gasteiger partial charge in [-0.3, -0.25) is 0 Å². The van der Waals surface area contributed by atoms with E-state index in [-0.39, 0.29) is 6.10 Å². The zero-order valence-electron chi connectivity index (χ0n) is 9.45. The van der Waals surface area contributed by atoms with Crippen molar-refractivity contribution in [2.45, 2.75) is 52.0 Å². The van der Waals surface area contributed by atoms with E-state index >= 15 is 0 Å². The lowest BCUT2D eigenvalue weighted by Gasteiger charge is -2.34. The van der Waals surface area contributed by atoms with Gasteiger partial charge in [0.1, 0.15) is 0 Å². The van der Waals surface area contributed by atoms with Crippen molar-refractivity contribution < 1.29 is 9.84 Å². The summed E-state index contributed by atoms with van der Waals surface area (Å²) in [6.45, 7) is 6.00. The van der Waals surface area contributed by atoms with Crippen LogP contribution in [-0.4, -0.2) is 42.5 Å². The first kappa shape index (κ1) is 12.9. The van der Waals surface area contributed by atoms with Crippen molar-refractivity contribution in [2.75, 3.05) is 14.1 Å². The molecule has 1 N–H and O–H groups in total. The summed E-state index contributed by atoms with van der Waals surface area (Å²) < 4.78 is 5.20. The van der Waals surface area contributed by atoms with Crippen LogP contribution >= 0.6 is 0 Å². The minimum Gasteiger partial charge on any atom is -0.368 e. The van der Waals surface area contributed by atoms with Crippen molar-refractivity contribution in [1.29, 1.82) is 0 Å². The summed E-state index contributed by atoms with van der Waals surface area (Å²) in [5, 5.41) is 9.25. The third-order valence-corrected chi connectivity index (χ3v) is 2.20. The van der Waals surface area contributed by atoms with E-state index in [1.54, 1.807) is 0 Å². The van der Waals surface area contributed by atoms with Gasteiger partial charge in [0, 0.05) is 12.5 Å². The van der Waals surface area contributed by atoms with Crippen molar-refractivity contribution in [3.8, 4) is 0 Å². The fourth-order valence-corrected chi connectivity index (χ4v) is 1.51. The molecule has 3 atom stereocenters. The standard InChI is InChI=1S/C8H17NO2.C2H6/c1-6-4-7(9(2)3)5-8(10)11-6;1-2/h6-8,10H,4-5H2,1-3H3;1-2H3. The van der Waals surface area contributed by atoms with Gasteiger partial charge in [-0.25, -0.2) is 0 Å². The molecule has 0 saturated carbocycles. The van der Waals surface area contributed by atoms with Crippen LogP contribution in [0.3, 0.4) is 0 Å². The predicted octanol–water partition coefficient (Wildman–Crippen LogP) is 1.46. The van der Waals surface area contributed by atoms with Crippen molar-refractivity contribution in [1.82, 2.24) is 4.90 Å². The minimum absolute atomic E-state index is 0.186. The highest BCUT2D eigenvalue weighted by atomic mass is 16.6. The van der Waals surface area contributed by atoms with Gasteiger partial charge in [0.2, 0.25) is 0 Å². The van der Waals surface area contributed by atoms with E-state index in [1.807, 2.05) is 34.9 Å². The van der Waals surface area contributed by atoms with Crippen LogP contribution < -0.4 is 0 Å². The third kappa shape index (κ3) is 4.60. The molecule has 3 nitrogen and oxygen atoms in total. The molecule has 3 heteroatoms. The first-order valence-corrected chi connectivity index (χ1v) is 5.09. The Labute approximate surface area is 81.7 Å². The number of rotatable bonds is 1. The van der Waals surface area contributed by atoms with Crippen LogP contribution in [0.2, 0.25) is 0 Å². The summed E-state index contributed by atoms with van der Waals surface area (Å²) in [5.74, 6) is 0. The lowest BCUT2D eigenvalue weighted by atomic mass is 10.0. The number of hydrogen-bond acceptors (Lipinski definition) is 3. The van der Waals surface area contributed by atoms with Gasteiger partial charge in [-0.2, -0.15) is 0 Å². The lowest BCUT2D eigenvalue weighted by molar-refractivity contribution is -0.172. The Morgan fingerprint density at radius 1 is 1.23 bits per heavy atom. The molecule has 0 radical (unpaired) electrons. The van der Waals surface area contributed by atoms with E-state index in [0.717, 1.165) is 12.8 Å². The first-order chi connectivity index (χ1) is 6.09. The summed E-state index contributed by atoms with van der Waals surface area (Å²) in [6, 6.07) is 0.466. The number of ether oxygens (including phenoxy) is 1. The second-order valence-electron chi connectivity index (χ2n) is 3.49. The molecule has 3 unspecified atom stereocenters. The van der Waals surface area contributed by atoms with Crippen LogP contribution in [0.5, 0.6) is 0 Å². The largest absolute Gasteiger partial charge is 0.368 e. The second-order valence-corrected chi connectivity index (χ2v) is 3.49. The van der Waals surface area contributed by atoms with Crippen LogP contribution in [0.4, 0.5) is 0 Å². The van der Waals surface area contributed by atoms with E-state index in [4.69, 9.17) is 4.74 Å². The van der Waals surface area contributed by atoms with Gasteiger partial charge < -0.3 is 14.7 Å². The number of aliphatic hydroxyl groups is 1. The Kier molecular flexibility index (Phi) is 6.29. The molecule has 13 heavy (non-hydrogen) atoms. The maximum absolute atomic E-state index is 9.25. The number of nitrogens with zero attached hydrogens (tertiary/aromatic N) is 1. The van der Waals surface area contributed by atoms with Gasteiger partial charge >= 0.3 is 0 Å². The highest BCUT2D eigenvalue weighted by molar-refractivity contribution is 4.75. The Hall–Kier alpha value is -0.120. The lowest BCUT2D eigenvalue weighted by Crippen LogP contribution is -2.41. The summed E-state index contributed by atoms with van der Waals surface area (Å²) >= 11 is 0. The number of aliphatic hydroxyl groups excluding tert-OH is 1. The first-order valence-electron chi connectivity index (χ1n) is 5.09. The normalized spacial score (nSPS) is 33.9. The maximum atomic E-state index is 9.25. The van der Waals surface area contributed by atoms with E-state index < -0.39 is 6.29 Å². The SMILES string of the molecule is CC.CC1CC(N(C)C)CC(O)O1. The molecule has 0 spiro atoms. The molecule has 0 aromatic heterocycles. The monoisotopic (exact) mass is 189 g/mol. The summed E-state index contributed by atoms with van der Waals surface area (Å²) in [6.07, 6.45) is 1.37. The zero-order valence-corrected chi connectivity index (χ0v) is 9.45. The summed E-state index contributed by atoms with van der Waals surface area (Å²) in [4.78, 5) is 2.14. The molecule has 1 rings (SSSR count). The Morgan fingerprint density at radius 3 is 2.15 bits per heavy atom. The van der Waals surface area contributed by atoms with Gasteiger partial charge in [-0.1, -0.05) is 13.8 Å². The van der Waals surface area contributed by atoms with E-state index in [1.165, 1.54) is 0 Å². The third-order valence-electron chi connectivity index (χ3n) is 2.20. The van der Waals surface area contributed by atoms with Crippen molar-refractivity contribution in [3.63, 3.8) is 0 Å². The van der Waals surface area contributed by atoms with Crippen LogP contribution in [0.1, 0.15) is 33.6 Å². The molecule has 0 aliphatic carbocycles. The number of hydrogen-bond donors (Lipinski definition) is 1. The van der Waals surface area contributed by atoms with Crippen molar-refractivity contribution in [2.24, 2.45) is 0 Å². The Balaban J connectivity index is 0.000000671. The van der Waals surface area contributed by atoms with Crippen molar-refractivity contribution >= 4 is 0 Å². The van der Waals surface area contributed by atoms with E-state index in [9.17, 15) is 5.11 Å². The molecular weight excluding hydrogens is 166 g/mol. The van der Waals surface area contributed by atoms with E-state index in [2.05, 4.69) is 4.90 Å². The van der Waals surface area contributed by atoms with Crippen LogP contribution in [0, 0.1) is 0 Å². The molecule has 1 fully saturated rings. The van der Waals surface area contributed by atoms with Crippen molar-refractivity contribution in [3.05, 3.63) is 0 Å². The molecule has 1 aliphatic rings. The average molecular weight is 189 g/mol. The fraction of sp³-hybridized carbons (Fsp3) is 1.00. The Morgan fingerprint density at radius 2 is 1.77 bits per heavy atom. The molecule has 0 amide bonds. The second kappa shape index (κ2) is 6.35. The zero-order chi connectivity index (χ0) is 10.4. The molecule has 1 saturated heterocycles. The summed E-state index contributed by atoms with van der Waals surface area (Å²) in [7, 11) is 4.07. The van der Waals surface area contributed by atoms with Gasteiger partial charge in [0.05, 0.1) is 6.10 Å². The highest BCUT2D eigenvalue weighted by Gasteiger charge is 2.26. The summed E-state index contributed by atoms with van der Waals surface area (Å²) in [5.41, 5.74) is 0. The smallest absolute Gasteiger partial charge is 0.156 e. The van der Waals surface area contributed by atoms with Gasteiger partial charge in [-0.15, -0.1) is 0 Å². The Bertz CT molecular complexity index is 118. The van der Waals surface area contributed by atoms with Gasteiger partial charge in [-0.05, 0) is 27.4 Å². The predicted molar refractivity (Wildman–Crippen MR) is 54.6 cm³/mol. The van der Waals surface area contributed by atoms with Gasteiger partial charge in [0.15, 0.2) is 6.29 Å².